The Labute approximate surface area is 194 Å². The lowest BCUT2D eigenvalue weighted by molar-refractivity contribution is -0.385. The van der Waals surface area contributed by atoms with E-state index in [0.29, 0.717) is 5.69 Å². The Kier molecular flexibility index (Phi) is 6.10. The molecule has 1 heterocycles. The standard InChI is InChI=1S/C24H18ClN3O5/c1-15-7-9-16(10-8-15)14-33-22-20(25)12-17(13-21(22)28(31)32)11-19-23(29)26-27(24(19)30)18-5-3-2-4-6-18/h2-13H,14H2,1H3,(H,26,29). The summed E-state index contributed by atoms with van der Waals surface area (Å²) in [6, 6.07) is 18.8. The van der Waals surface area contributed by atoms with E-state index in [1.165, 1.54) is 18.2 Å². The molecule has 166 valence electrons. The summed E-state index contributed by atoms with van der Waals surface area (Å²) in [6.45, 7) is 2.04. The largest absolute Gasteiger partial charge is 0.481 e. The van der Waals surface area contributed by atoms with Crippen molar-refractivity contribution in [1.29, 1.82) is 0 Å². The molecule has 0 saturated carbocycles. The van der Waals surface area contributed by atoms with Crippen molar-refractivity contribution in [1.82, 2.24) is 5.43 Å². The number of nitrogens with zero attached hydrogens (tertiary/aromatic N) is 2. The summed E-state index contributed by atoms with van der Waals surface area (Å²) >= 11 is 6.30. The second-order valence-corrected chi connectivity index (χ2v) is 7.76. The third-order valence-electron chi connectivity index (χ3n) is 4.96. The third kappa shape index (κ3) is 4.70. The average molecular weight is 464 g/mol. The quantitative estimate of drug-likeness (QED) is 0.249. The zero-order chi connectivity index (χ0) is 23.5. The first kappa shape index (κ1) is 22.0. The second-order valence-electron chi connectivity index (χ2n) is 7.36. The number of hydrazine groups is 1. The SMILES string of the molecule is Cc1ccc(COc2c(Cl)cc(C=C3C(=O)NN(c4ccccc4)C3=O)cc2[N+](=O)[O-])cc1. The topological polar surface area (TPSA) is 102 Å². The van der Waals surface area contributed by atoms with Gasteiger partial charge in [0.15, 0.2) is 0 Å². The van der Waals surface area contributed by atoms with Crippen LogP contribution in [0.25, 0.3) is 6.08 Å². The van der Waals surface area contributed by atoms with Gasteiger partial charge in [-0.1, -0.05) is 59.6 Å². The number of anilines is 1. The molecular weight excluding hydrogens is 446 g/mol. The van der Waals surface area contributed by atoms with Gasteiger partial charge < -0.3 is 4.74 Å². The molecule has 1 aliphatic heterocycles. The van der Waals surface area contributed by atoms with Crippen molar-refractivity contribution < 1.29 is 19.2 Å². The molecule has 1 fully saturated rings. The van der Waals surface area contributed by atoms with E-state index in [9.17, 15) is 19.7 Å². The Morgan fingerprint density at radius 3 is 2.45 bits per heavy atom. The molecule has 33 heavy (non-hydrogen) atoms. The fourth-order valence-electron chi connectivity index (χ4n) is 3.28. The first-order valence-electron chi connectivity index (χ1n) is 9.92. The Hall–Kier alpha value is -4.17. The average Bonchev–Trinajstić information content (AvgIpc) is 3.08. The summed E-state index contributed by atoms with van der Waals surface area (Å²) in [4.78, 5) is 36.2. The number of ether oxygens (including phenoxy) is 1. The van der Waals surface area contributed by atoms with E-state index in [1.807, 2.05) is 31.2 Å². The number of benzene rings is 3. The van der Waals surface area contributed by atoms with Crippen LogP contribution in [0.5, 0.6) is 5.75 Å². The lowest BCUT2D eigenvalue weighted by Crippen LogP contribution is -2.35. The van der Waals surface area contributed by atoms with Gasteiger partial charge in [0.05, 0.1) is 15.6 Å². The minimum Gasteiger partial charge on any atom is -0.481 e. The number of nitro benzene ring substituents is 1. The molecule has 0 unspecified atom stereocenters. The molecule has 0 bridgehead atoms. The zero-order valence-corrected chi connectivity index (χ0v) is 18.2. The molecule has 9 heteroatoms. The Morgan fingerprint density at radius 1 is 1.09 bits per heavy atom. The Bertz CT molecular complexity index is 1270. The predicted octanol–water partition coefficient (Wildman–Crippen LogP) is 4.60. The molecule has 0 radical (unpaired) electrons. The maximum Gasteiger partial charge on any atom is 0.313 e. The molecule has 0 atom stereocenters. The van der Waals surface area contributed by atoms with Gasteiger partial charge in [0.1, 0.15) is 12.2 Å². The first-order chi connectivity index (χ1) is 15.8. The number of para-hydroxylation sites is 1. The molecule has 1 N–H and O–H groups in total. The first-order valence-corrected chi connectivity index (χ1v) is 10.3. The number of carbonyl (C=O) groups is 2. The monoisotopic (exact) mass is 463 g/mol. The number of rotatable bonds is 6. The van der Waals surface area contributed by atoms with Crippen molar-refractivity contribution in [3.63, 3.8) is 0 Å². The number of nitrogens with one attached hydrogen (secondary N) is 1. The van der Waals surface area contributed by atoms with Gasteiger partial charge in [0.2, 0.25) is 5.75 Å². The summed E-state index contributed by atoms with van der Waals surface area (Å²) in [5.74, 6) is -1.29. The minimum absolute atomic E-state index is 0.00562. The van der Waals surface area contributed by atoms with Crippen LogP contribution < -0.4 is 15.2 Å². The van der Waals surface area contributed by atoms with Crippen LogP contribution in [0.15, 0.2) is 72.3 Å². The van der Waals surface area contributed by atoms with Gasteiger partial charge in [-0.05, 0) is 42.3 Å². The van der Waals surface area contributed by atoms with E-state index in [0.717, 1.165) is 16.1 Å². The van der Waals surface area contributed by atoms with Crippen molar-refractivity contribution in [3.8, 4) is 5.75 Å². The highest BCUT2D eigenvalue weighted by atomic mass is 35.5. The molecule has 0 aromatic heterocycles. The Morgan fingerprint density at radius 2 is 1.79 bits per heavy atom. The lowest BCUT2D eigenvalue weighted by Gasteiger charge is -2.13. The minimum atomic E-state index is -0.623. The van der Waals surface area contributed by atoms with E-state index in [4.69, 9.17) is 16.3 Å². The van der Waals surface area contributed by atoms with Crippen molar-refractivity contribution >= 4 is 40.9 Å². The Balaban J connectivity index is 1.63. The summed E-state index contributed by atoms with van der Waals surface area (Å²) in [7, 11) is 0. The molecule has 1 saturated heterocycles. The smallest absolute Gasteiger partial charge is 0.313 e. The second kappa shape index (κ2) is 9.13. The van der Waals surface area contributed by atoms with Crippen LogP contribution in [0.2, 0.25) is 5.02 Å². The summed E-state index contributed by atoms with van der Waals surface area (Å²) in [5.41, 5.74) is 4.56. The number of hydrogen-bond donors (Lipinski definition) is 1. The van der Waals surface area contributed by atoms with E-state index in [2.05, 4.69) is 5.43 Å². The molecular formula is C24H18ClN3O5. The van der Waals surface area contributed by atoms with Gasteiger partial charge in [0, 0.05) is 6.07 Å². The van der Waals surface area contributed by atoms with Crippen molar-refractivity contribution in [2.24, 2.45) is 0 Å². The fourth-order valence-corrected chi connectivity index (χ4v) is 3.56. The zero-order valence-electron chi connectivity index (χ0n) is 17.4. The van der Waals surface area contributed by atoms with Crippen LogP contribution in [-0.2, 0) is 16.2 Å². The van der Waals surface area contributed by atoms with Gasteiger partial charge in [-0.15, -0.1) is 0 Å². The van der Waals surface area contributed by atoms with E-state index < -0.39 is 16.7 Å². The van der Waals surface area contributed by atoms with Gasteiger partial charge in [0.25, 0.3) is 11.8 Å². The molecule has 3 aromatic rings. The van der Waals surface area contributed by atoms with Crippen LogP contribution in [0.4, 0.5) is 11.4 Å². The number of nitro groups is 1. The number of halogens is 1. The van der Waals surface area contributed by atoms with E-state index >= 15 is 0 Å². The predicted molar refractivity (Wildman–Crippen MR) is 124 cm³/mol. The lowest BCUT2D eigenvalue weighted by atomic mass is 10.1. The highest BCUT2D eigenvalue weighted by Gasteiger charge is 2.34. The molecule has 0 aliphatic carbocycles. The van der Waals surface area contributed by atoms with Crippen LogP contribution in [0.1, 0.15) is 16.7 Å². The van der Waals surface area contributed by atoms with Crippen LogP contribution >= 0.6 is 11.6 Å². The number of aryl methyl sites for hydroxylation is 1. The summed E-state index contributed by atoms with van der Waals surface area (Å²) in [5, 5.41) is 12.8. The van der Waals surface area contributed by atoms with Crippen LogP contribution in [-0.4, -0.2) is 16.7 Å². The summed E-state index contributed by atoms with van der Waals surface area (Å²) in [6.07, 6.45) is 1.27. The van der Waals surface area contributed by atoms with Crippen LogP contribution in [0, 0.1) is 17.0 Å². The molecule has 1 aliphatic rings. The summed E-state index contributed by atoms with van der Waals surface area (Å²) < 4.78 is 5.65. The maximum absolute atomic E-state index is 12.8. The third-order valence-corrected chi connectivity index (χ3v) is 5.24. The van der Waals surface area contributed by atoms with Crippen LogP contribution in [0.3, 0.4) is 0 Å². The van der Waals surface area contributed by atoms with Gasteiger partial charge in [-0.25, -0.2) is 5.01 Å². The fraction of sp³-hybridized carbons (Fsp3) is 0.0833. The maximum atomic E-state index is 12.8. The molecule has 8 nitrogen and oxygen atoms in total. The molecule has 3 aromatic carbocycles. The van der Waals surface area contributed by atoms with Crippen molar-refractivity contribution in [2.75, 3.05) is 5.01 Å². The molecule has 0 spiro atoms. The van der Waals surface area contributed by atoms with Crippen molar-refractivity contribution in [3.05, 3.63) is 104 Å². The highest BCUT2D eigenvalue weighted by Crippen LogP contribution is 2.37. The normalized spacial score (nSPS) is 14.5. The number of carbonyl (C=O) groups excluding carboxylic acids is 2. The van der Waals surface area contributed by atoms with E-state index in [-0.39, 0.29) is 34.2 Å². The van der Waals surface area contributed by atoms with Gasteiger partial charge in [-0.2, -0.15) is 0 Å². The van der Waals surface area contributed by atoms with Gasteiger partial charge >= 0.3 is 5.69 Å². The van der Waals surface area contributed by atoms with E-state index in [1.54, 1.807) is 30.3 Å². The van der Waals surface area contributed by atoms with Crippen molar-refractivity contribution in [2.45, 2.75) is 13.5 Å². The number of hydrogen-bond acceptors (Lipinski definition) is 5. The molecule has 4 rings (SSSR count). The number of amides is 2. The highest BCUT2D eigenvalue weighted by molar-refractivity contribution is 6.33. The van der Waals surface area contributed by atoms with Gasteiger partial charge in [-0.3, -0.25) is 25.1 Å². The molecule has 2 amide bonds.